The van der Waals surface area contributed by atoms with Gasteiger partial charge in [0.25, 0.3) is 0 Å². The van der Waals surface area contributed by atoms with E-state index in [0.29, 0.717) is 5.02 Å². The van der Waals surface area contributed by atoms with Crippen molar-refractivity contribution in [3.05, 3.63) is 23.2 Å². The molecule has 0 radical (unpaired) electrons. The van der Waals surface area contributed by atoms with Gasteiger partial charge in [-0.25, -0.2) is 13.1 Å². The monoisotopic (exact) mass is 308 g/mol. The summed E-state index contributed by atoms with van der Waals surface area (Å²) in [6.07, 6.45) is 2.75. The highest BCUT2D eigenvalue weighted by atomic mass is 35.5. The Bertz CT molecular complexity index is 506. The topological polar surface area (TPSA) is 72.2 Å². The number of nitrogens with two attached hydrogens (primary N) is 1. The van der Waals surface area contributed by atoms with Gasteiger partial charge in [0, 0.05) is 11.1 Å². The number of hydrogen-bond donors (Lipinski definition) is 2. The van der Waals surface area contributed by atoms with Crippen LogP contribution in [0, 0.1) is 0 Å². The number of nitrogen functional groups attached to an aromatic ring is 1. The highest BCUT2D eigenvalue weighted by molar-refractivity contribution is 7.98. The van der Waals surface area contributed by atoms with E-state index in [0.717, 1.165) is 12.2 Å². The van der Waals surface area contributed by atoms with Gasteiger partial charge < -0.3 is 5.73 Å². The molecule has 1 atom stereocenters. The second kappa shape index (κ2) is 6.65. The third-order valence-corrected chi connectivity index (χ3v) is 4.90. The zero-order valence-electron chi connectivity index (χ0n) is 10.3. The first kappa shape index (κ1) is 15.6. The molecule has 0 fully saturated rings. The molecule has 0 saturated heterocycles. The van der Waals surface area contributed by atoms with E-state index in [-0.39, 0.29) is 16.6 Å². The van der Waals surface area contributed by atoms with Crippen LogP contribution in [0.15, 0.2) is 23.1 Å². The van der Waals surface area contributed by atoms with Crippen LogP contribution in [0.3, 0.4) is 0 Å². The third kappa shape index (κ3) is 4.35. The van der Waals surface area contributed by atoms with E-state index in [4.69, 9.17) is 17.3 Å². The second-order valence-electron chi connectivity index (χ2n) is 3.99. The third-order valence-electron chi connectivity index (χ3n) is 2.38. The van der Waals surface area contributed by atoms with Gasteiger partial charge in [-0.1, -0.05) is 11.6 Å². The summed E-state index contributed by atoms with van der Waals surface area (Å²) in [7, 11) is -3.61. The molecule has 0 amide bonds. The van der Waals surface area contributed by atoms with Crippen molar-refractivity contribution in [1.82, 2.24) is 4.72 Å². The van der Waals surface area contributed by atoms with E-state index >= 15 is 0 Å². The zero-order chi connectivity index (χ0) is 13.8. The summed E-state index contributed by atoms with van der Waals surface area (Å²) in [5, 5.41) is 0.348. The molecule has 3 N–H and O–H groups in total. The maximum absolute atomic E-state index is 12.1. The summed E-state index contributed by atoms with van der Waals surface area (Å²) in [6.45, 7) is 1.83. The molecule has 0 aromatic heterocycles. The first-order valence-corrected chi connectivity index (χ1v) is 8.68. The fraction of sp³-hybridized carbons (Fsp3) is 0.455. The predicted octanol–water partition coefficient (Wildman–Crippen LogP) is 2.34. The van der Waals surface area contributed by atoms with Crippen LogP contribution in [0.5, 0.6) is 0 Å². The quantitative estimate of drug-likeness (QED) is 0.791. The average molecular weight is 309 g/mol. The lowest BCUT2D eigenvalue weighted by Crippen LogP contribution is -2.33. The van der Waals surface area contributed by atoms with Crippen LogP contribution in [-0.2, 0) is 10.0 Å². The minimum absolute atomic E-state index is 0.0333. The van der Waals surface area contributed by atoms with E-state index in [2.05, 4.69) is 4.72 Å². The van der Waals surface area contributed by atoms with Crippen molar-refractivity contribution in [2.24, 2.45) is 0 Å². The Hall–Kier alpha value is -0.430. The predicted molar refractivity (Wildman–Crippen MR) is 78.6 cm³/mol. The number of halogens is 1. The maximum Gasteiger partial charge on any atom is 0.242 e. The van der Waals surface area contributed by atoms with E-state index in [1.807, 2.05) is 13.2 Å². The molecular formula is C11H17ClN2O2S2. The molecular weight excluding hydrogens is 292 g/mol. The average Bonchev–Trinajstić information content (AvgIpc) is 2.29. The van der Waals surface area contributed by atoms with Gasteiger partial charge in [0.2, 0.25) is 10.0 Å². The van der Waals surface area contributed by atoms with Gasteiger partial charge in [0.1, 0.15) is 4.90 Å². The molecule has 1 unspecified atom stereocenters. The molecule has 0 saturated carbocycles. The molecule has 102 valence electrons. The molecule has 4 nitrogen and oxygen atoms in total. The first-order valence-electron chi connectivity index (χ1n) is 5.43. The van der Waals surface area contributed by atoms with Crippen molar-refractivity contribution < 1.29 is 8.42 Å². The molecule has 1 aromatic carbocycles. The Morgan fingerprint density at radius 1 is 1.50 bits per heavy atom. The van der Waals surface area contributed by atoms with Crippen LogP contribution in [0.2, 0.25) is 5.02 Å². The Balaban J connectivity index is 2.89. The lowest BCUT2D eigenvalue weighted by Gasteiger charge is -2.15. The Labute approximate surface area is 117 Å². The summed E-state index contributed by atoms with van der Waals surface area (Å²) in [5.74, 6) is 0.898. The summed E-state index contributed by atoms with van der Waals surface area (Å²) >= 11 is 7.47. The normalized spacial score (nSPS) is 13.5. The molecule has 0 aliphatic heterocycles. The summed E-state index contributed by atoms with van der Waals surface area (Å²) in [6, 6.07) is 4.28. The number of nitrogens with one attached hydrogen (secondary N) is 1. The first-order chi connectivity index (χ1) is 8.36. The standard InChI is InChI=1S/C11H17ClN2O2S2/c1-8(5-6-17-2)14-18(15,16)11-7-9(12)3-4-10(11)13/h3-4,7-8,14H,5-6,13H2,1-2H3. The van der Waals surface area contributed by atoms with Crippen molar-refractivity contribution in [2.45, 2.75) is 24.3 Å². The lowest BCUT2D eigenvalue weighted by atomic mass is 10.3. The lowest BCUT2D eigenvalue weighted by molar-refractivity contribution is 0.557. The molecule has 18 heavy (non-hydrogen) atoms. The second-order valence-corrected chi connectivity index (χ2v) is 7.09. The van der Waals surface area contributed by atoms with Crippen LogP contribution >= 0.6 is 23.4 Å². The van der Waals surface area contributed by atoms with Gasteiger partial charge in [-0.3, -0.25) is 0 Å². The van der Waals surface area contributed by atoms with Crippen LogP contribution < -0.4 is 10.5 Å². The fourth-order valence-corrected chi connectivity index (χ4v) is 3.68. The Morgan fingerprint density at radius 2 is 2.17 bits per heavy atom. The SMILES string of the molecule is CSCCC(C)NS(=O)(=O)c1cc(Cl)ccc1N. The van der Waals surface area contributed by atoms with Crippen molar-refractivity contribution in [2.75, 3.05) is 17.7 Å². The van der Waals surface area contributed by atoms with Gasteiger partial charge in [-0.15, -0.1) is 0 Å². The van der Waals surface area contributed by atoms with Gasteiger partial charge in [-0.05, 0) is 43.6 Å². The van der Waals surface area contributed by atoms with Crippen molar-refractivity contribution in [3.63, 3.8) is 0 Å². The van der Waals surface area contributed by atoms with Gasteiger partial charge >= 0.3 is 0 Å². The minimum Gasteiger partial charge on any atom is -0.398 e. The van der Waals surface area contributed by atoms with Crippen LogP contribution in [0.1, 0.15) is 13.3 Å². The number of anilines is 1. The van der Waals surface area contributed by atoms with Crippen molar-refractivity contribution in [1.29, 1.82) is 0 Å². The smallest absolute Gasteiger partial charge is 0.242 e. The zero-order valence-corrected chi connectivity index (χ0v) is 12.7. The molecule has 1 aromatic rings. The number of rotatable bonds is 6. The Kier molecular flexibility index (Phi) is 5.78. The summed E-state index contributed by atoms with van der Waals surface area (Å²) < 4.78 is 26.8. The van der Waals surface area contributed by atoms with E-state index in [1.54, 1.807) is 17.8 Å². The van der Waals surface area contributed by atoms with E-state index in [9.17, 15) is 8.42 Å². The highest BCUT2D eigenvalue weighted by Crippen LogP contribution is 2.22. The van der Waals surface area contributed by atoms with Crippen LogP contribution in [0.25, 0.3) is 0 Å². The Morgan fingerprint density at radius 3 is 2.78 bits per heavy atom. The van der Waals surface area contributed by atoms with E-state index < -0.39 is 10.0 Å². The highest BCUT2D eigenvalue weighted by Gasteiger charge is 2.20. The molecule has 0 aliphatic rings. The number of hydrogen-bond acceptors (Lipinski definition) is 4. The summed E-state index contributed by atoms with van der Waals surface area (Å²) in [5.41, 5.74) is 5.87. The fourth-order valence-electron chi connectivity index (χ4n) is 1.42. The summed E-state index contributed by atoms with van der Waals surface area (Å²) in [4.78, 5) is 0.0333. The molecule has 7 heteroatoms. The number of benzene rings is 1. The van der Waals surface area contributed by atoms with Gasteiger partial charge in [-0.2, -0.15) is 11.8 Å². The van der Waals surface area contributed by atoms with Crippen LogP contribution in [0.4, 0.5) is 5.69 Å². The van der Waals surface area contributed by atoms with Gasteiger partial charge in [0.15, 0.2) is 0 Å². The van der Waals surface area contributed by atoms with Crippen molar-refractivity contribution in [3.8, 4) is 0 Å². The largest absolute Gasteiger partial charge is 0.398 e. The molecule has 0 bridgehead atoms. The van der Waals surface area contributed by atoms with E-state index in [1.165, 1.54) is 12.1 Å². The van der Waals surface area contributed by atoms with Crippen molar-refractivity contribution >= 4 is 39.1 Å². The number of sulfonamides is 1. The molecule has 0 heterocycles. The molecule has 0 aliphatic carbocycles. The minimum atomic E-state index is -3.61. The molecule has 1 rings (SSSR count). The van der Waals surface area contributed by atoms with Gasteiger partial charge in [0.05, 0.1) is 5.69 Å². The van der Waals surface area contributed by atoms with Crippen LogP contribution in [-0.4, -0.2) is 26.5 Å². The molecule has 0 spiro atoms. The maximum atomic E-state index is 12.1. The number of thioether (sulfide) groups is 1.